The van der Waals surface area contributed by atoms with E-state index in [1.807, 2.05) is 6.07 Å². The van der Waals surface area contributed by atoms with E-state index in [0.29, 0.717) is 22.3 Å². The van der Waals surface area contributed by atoms with Crippen LogP contribution >= 0.6 is 22.9 Å². The molecule has 118 valence electrons. The molecule has 1 saturated heterocycles. The summed E-state index contributed by atoms with van der Waals surface area (Å²) in [6, 6.07) is 5.41. The zero-order chi connectivity index (χ0) is 16.2. The number of hydrogen-bond donors (Lipinski definition) is 0. The summed E-state index contributed by atoms with van der Waals surface area (Å²) in [5, 5.41) is 9.03. The van der Waals surface area contributed by atoms with Crippen LogP contribution < -0.4 is 4.74 Å². The maximum Gasteiger partial charge on any atom is 0.264 e. The molecule has 1 amide bonds. The van der Waals surface area contributed by atoms with Crippen LogP contribution in [0.2, 0.25) is 4.34 Å². The Morgan fingerprint density at radius 1 is 1.43 bits per heavy atom. The fourth-order valence-corrected chi connectivity index (χ4v) is 3.46. The Balaban J connectivity index is 1.69. The number of amides is 1. The first-order chi connectivity index (χ1) is 11.2. The number of thiophene rings is 1. The Kier molecular flexibility index (Phi) is 4.74. The Morgan fingerprint density at radius 3 is 3.00 bits per heavy atom. The van der Waals surface area contributed by atoms with E-state index in [1.54, 1.807) is 17.0 Å². The van der Waals surface area contributed by atoms with E-state index in [2.05, 4.69) is 9.97 Å². The van der Waals surface area contributed by atoms with Gasteiger partial charge in [0.1, 0.15) is 12.2 Å². The van der Waals surface area contributed by atoms with Crippen molar-refractivity contribution in [3.63, 3.8) is 0 Å². The summed E-state index contributed by atoms with van der Waals surface area (Å²) in [5.41, 5.74) is 0.154. The first-order valence-electron chi connectivity index (χ1n) is 7.09. The van der Waals surface area contributed by atoms with Gasteiger partial charge < -0.3 is 9.64 Å². The number of rotatable bonds is 3. The number of nitrogens with zero attached hydrogens (tertiary/aromatic N) is 4. The number of carbonyl (C=O) groups excluding carboxylic acids is 1. The Morgan fingerprint density at radius 2 is 2.26 bits per heavy atom. The van der Waals surface area contributed by atoms with Gasteiger partial charge in [-0.25, -0.2) is 9.97 Å². The quantitative estimate of drug-likeness (QED) is 0.852. The molecule has 2 aromatic heterocycles. The molecule has 3 heterocycles. The van der Waals surface area contributed by atoms with Crippen molar-refractivity contribution in [2.45, 2.75) is 18.9 Å². The van der Waals surface area contributed by atoms with Crippen LogP contribution in [0.25, 0.3) is 0 Å². The highest BCUT2D eigenvalue weighted by atomic mass is 35.5. The first-order valence-corrected chi connectivity index (χ1v) is 8.29. The lowest BCUT2D eigenvalue weighted by Gasteiger charge is -2.32. The van der Waals surface area contributed by atoms with E-state index in [4.69, 9.17) is 21.6 Å². The molecule has 0 saturated carbocycles. The molecule has 0 spiro atoms. The second-order valence-corrected chi connectivity index (χ2v) is 6.77. The van der Waals surface area contributed by atoms with Crippen molar-refractivity contribution in [1.29, 1.82) is 5.26 Å². The van der Waals surface area contributed by atoms with E-state index in [0.717, 1.165) is 12.8 Å². The van der Waals surface area contributed by atoms with Gasteiger partial charge in [0.05, 0.1) is 15.8 Å². The molecule has 0 aromatic carbocycles. The molecule has 0 unspecified atom stereocenters. The Hall–Kier alpha value is -2.17. The average molecular weight is 349 g/mol. The maximum atomic E-state index is 12.5. The molecule has 0 N–H and O–H groups in total. The standard InChI is InChI=1S/C15H13ClN4O2S/c16-13-4-3-12(23-13)15(21)20-7-1-2-10(9-20)22-14-11(8-17)18-5-6-19-14/h3-6,10H,1-2,7,9H2/t10-/m1/s1. The van der Waals surface area contributed by atoms with Gasteiger partial charge in [-0.2, -0.15) is 5.26 Å². The summed E-state index contributed by atoms with van der Waals surface area (Å²) >= 11 is 7.16. The monoisotopic (exact) mass is 348 g/mol. The summed E-state index contributed by atoms with van der Waals surface area (Å²) < 4.78 is 6.38. The second-order valence-electron chi connectivity index (χ2n) is 5.06. The van der Waals surface area contributed by atoms with Crippen molar-refractivity contribution in [2.24, 2.45) is 0 Å². The SMILES string of the molecule is N#Cc1nccnc1O[C@@H]1CCCN(C(=O)c2ccc(Cl)s2)C1. The van der Waals surface area contributed by atoms with E-state index in [-0.39, 0.29) is 23.6 Å². The smallest absolute Gasteiger partial charge is 0.264 e. The van der Waals surface area contributed by atoms with Gasteiger partial charge in [-0.05, 0) is 25.0 Å². The number of aromatic nitrogens is 2. The van der Waals surface area contributed by atoms with Crippen LogP contribution in [0.1, 0.15) is 28.2 Å². The summed E-state index contributed by atoms with van der Waals surface area (Å²) in [7, 11) is 0. The maximum absolute atomic E-state index is 12.5. The number of hydrogen-bond acceptors (Lipinski definition) is 6. The van der Waals surface area contributed by atoms with Gasteiger partial charge in [0.15, 0.2) is 0 Å². The van der Waals surface area contributed by atoms with Gasteiger partial charge in [0, 0.05) is 18.9 Å². The lowest BCUT2D eigenvalue weighted by Crippen LogP contribution is -2.44. The van der Waals surface area contributed by atoms with Crippen molar-refractivity contribution in [1.82, 2.24) is 14.9 Å². The largest absolute Gasteiger partial charge is 0.470 e. The van der Waals surface area contributed by atoms with Crippen LogP contribution in [0, 0.1) is 11.3 Å². The predicted molar refractivity (Wildman–Crippen MR) is 85.6 cm³/mol. The number of ether oxygens (including phenoxy) is 1. The van der Waals surface area contributed by atoms with Crippen molar-refractivity contribution in [2.75, 3.05) is 13.1 Å². The third kappa shape index (κ3) is 3.60. The third-order valence-corrected chi connectivity index (χ3v) is 4.72. The van der Waals surface area contributed by atoms with Crippen LogP contribution in [0.5, 0.6) is 5.88 Å². The molecule has 1 atom stereocenters. The van der Waals surface area contributed by atoms with Gasteiger partial charge in [0.2, 0.25) is 5.69 Å². The van der Waals surface area contributed by atoms with Gasteiger partial charge in [-0.15, -0.1) is 11.3 Å². The Bertz CT molecular complexity index is 758. The minimum atomic E-state index is -0.202. The van der Waals surface area contributed by atoms with Crippen molar-refractivity contribution < 1.29 is 9.53 Å². The van der Waals surface area contributed by atoms with E-state index < -0.39 is 0 Å². The molecule has 1 aliphatic heterocycles. The number of piperidine rings is 1. The van der Waals surface area contributed by atoms with Gasteiger partial charge in [-0.1, -0.05) is 11.6 Å². The lowest BCUT2D eigenvalue weighted by molar-refractivity contribution is 0.0530. The average Bonchev–Trinajstić information content (AvgIpc) is 3.01. The third-order valence-electron chi connectivity index (χ3n) is 3.50. The number of likely N-dealkylation sites (tertiary alicyclic amines) is 1. The molecule has 2 aromatic rings. The predicted octanol–water partition coefficient (Wildman–Crippen LogP) is 2.75. The Labute approximate surface area is 142 Å². The molecular formula is C15H13ClN4O2S. The fourth-order valence-electron chi connectivity index (χ4n) is 2.45. The van der Waals surface area contributed by atoms with Crippen molar-refractivity contribution in [3.8, 4) is 11.9 Å². The normalized spacial score (nSPS) is 17.6. The summed E-state index contributed by atoms with van der Waals surface area (Å²) in [6.45, 7) is 1.13. The van der Waals surface area contributed by atoms with Gasteiger partial charge in [0.25, 0.3) is 11.8 Å². The molecule has 0 radical (unpaired) electrons. The summed E-state index contributed by atoms with van der Waals surface area (Å²) in [6.07, 6.45) is 4.36. The summed E-state index contributed by atoms with van der Waals surface area (Å²) in [4.78, 5) is 22.8. The zero-order valence-electron chi connectivity index (χ0n) is 12.1. The molecule has 0 aliphatic carbocycles. The van der Waals surface area contributed by atoms with Crippen molar-refractivity contribution >= 4 is 28.8 Å². The zero-order valence-corrected chi connectivity index (χ0v) is 13.7. The van der Waals surface area contributed by atoms with Gasteiger partial charge >= 0.3 is 0 Å². The molecule has 23 heavy (non-hydrogen) atoms. The highest BCUT2D eigenvalue weighted by Crippen LogP contribution is 2.25. The van der Waals surface area contributed by atoms with Crippen LogP contribution in [0.3, 0.4) is 0 Å². The van der Waals surface area contributed by atoms with Crippen LogP contribution in [0.4, 0.5) is 0 Å². The van der Waals surface area contributed by atoms with E-state index in [9.17, 15) is 4.79 Å². The highest BCUT2D eigenvalue weighted by molar-refractivity contribution is 7.17. The topological polar surface area (TPSA) is 79.1 Å². The number of carbonyl (C=O) groups is 1. The molecule has 1 fully saturated rings. The van der Waals surface area contributed by atoms with Gasteiger partial charge in [-0.3, -0.25) is 4.79 Å². The van der Waals surface area contributed by atoms with Crippen LogP contribution in [-0.4, -0.2) is 40.0 Å². The summed E-state index contributed by atoms with van der Waals surface area (Å²) in [5.74, 6) is 0.170. The molecule has 1 aliphatic rings. The van der Waals surface area contributed by atoms with Crippen LogP contribution in [-0.2, 0) is 0 Å². The molecular weight excluding hydrogens is 336 g/mol. The number of halogens is 1. The first kappa shape index (κ1) is 15.7. The van der Waals surface area contributed by atoms with Crippen molar-refractivity contribution in [3.05, 3.63) is 39.4 Å². The molecule has 6 nitrogen and oxygen atoms in total. The molecule has 3 rings (SSSR count). The lowest BCUT2D eigenvalue weighted by atomic mass is 10.1. The second kappa shape index (κ2) is 6.94. The molecule has 0 bridgehead atoms. The number of nitriles is 1. The van der Waals surface area contributed by atoms with E-state index in [1.165, 1.54) is 23.7 Å². The fraction of sp³-hybridized carbons (Fsp3) is 0.333. The minimum absolute atomic E-state index is 0.0464. The molecule has 8 heteroatoms. The van der Waals surface area contributed by atoms with Crippen LogP contribution in [0.15, 0.2) is 24.5 Å². The minimum Gasteiger partial charge on any atom is -0.470 e. The highest BCUT2D eigenvalue weighted by Gasteiger charge is 2.27. The van der Waals surface area contributed by atoms with E-state index >= 15 is 0 Å².